The zero-order chi connectivity index (χ0) is 15.0. The van der Waals surface area contributed by atoms with Crippen LogP contribution in [0.4, 0.5) is 5.82 Å². The second kappa shape index (κ2) is 4.77. The quantitative estimate of drug-likeness (QED) is 0.673. The highest BCUT2D eigenvalue weighted by molar-refractivity contribution is 6.12. The molecule has 0 spiro atoms. The predicted octanol–water partition coefficient (Wildman–Crippen LogP) is 3.44. The van der Waals surface area contributed by atoms with Crippen molar-refractivity contribution in [2.24, 2.45) is 0 Å². The Morgan fingerprint density at radius 1 is 1.24 bits per heavy atom. The molecule has 0 radical (unpaired) electrons. The van der Waals surface area contributed by atoms with Crippen molar-refractivity contribution in [2.45, 2.75) is 26.2 Å². The molecule has 0 aliphatic heterocycles. The second-order valence-electron chi connectivity index (χ2n) is 6.12. The van der Waals surface area contributed by atoms with E-state index in [1.54, 1.807) is 0 Å². The number of carbonyl (C=O) groups is 1. The fourth-order valence-corrected chi connectivity index (χ4v) is 2.24. The number of nitrogens with one attached hydrogen (secondary N) is 3. The van der Waals surface area contributed by atoms with E-state index in [0.29, 0.717) is 11.4 Å². The average Bonchev–Trinajstić information content (AvgIpc) is 3.05. The van der Waals surface area contributed by atoms with Gasteiger partial charge in [0.15, 0.2) is 5.82 Å². The number of anilines is 1. The molecule has 3 aromatic rings. The minimum Gasteiger partial charge on any atom is -0.361 e. The number of hydrogen-bond donors (Lipinski definition) is 3. The Labute approximate surface area is 122 Å². The summed E-state index contributed by atoms with van der Waals surface area (Å²) in [5, 5.41) is 10.9. The number of benzene rings is 1. The maximum atomic E-state index is 12.4. The van der Waals surface area contributed by atoms with Crippen LogP contribution in [0.25, 0.3) is 10.9 Å². The number of amides is 1. The van der Waals surface area contributed by atoms with Crippen LogP contribution < -0.4 is 5.32 Å². The summed E-state index contributed by atoms with van der Waals surface area (Å²) in [5.41, 5.74) is 2.53. The van der Waals surface area contributed by atoms with Crippen molar-refractivity contribution in [3.8, 4) is 0 Å². The first-order valence-corrected chi connectivity index (χ1v) is 6.88. The Kier molecular flexibility index (Phi) is 3.05. The zero-order valence-corrected chi connectivity index (χ0v) is 12.3. The molecule has 0 saturated heterocycles. The molecule has 1 aromatic carbocycles. The Morgan fingerprint density at radius 2 is 2.05 bits per heavy atom. The van der Waals surface area contributed by atoms with Gasteiger partial charge in [-0.15, -0.1) is 0 Å². The molecule has 2 aromatic heterocycles. The summed E-state index contributed by atoms with van der Waals surface area (Å²) < 4.78 is 0. The van der Waals surface area contributed by atoms with Crippen LogP contribution in [0.2, 0.25) is 0 Å². The summed E-state index contributed by atoms with van der Waals surface area (Å²) in [5.74, 6) is 0.379. The number of aromatic amines is 2. The fraction of sp³-hybridized carbons (Fsp3) is 0.250. The third-order valence-corrected chi connectivity index (χ3v) is 3.47. The van der Waals surface area contributed by atoms with E-state index in [1.165, 1.54) is 0 Å². The van der Waals surface area contributed by atoms with Gasteiger partial charge in [-0.3, -0.25) is 9.89 Å². The van der Waals surface area contributed by atoms with Gasteiger partial charge in [0.05, 0.1) is 0 Å². The number of nitrogens with zero attached hydrogens (tertiary/aromatic N) is 1. The number of rotatable bonds is 2. The predicted molar refractivity (Wildman–Crippen MR) is 83.5 cm³/mol. The number of hydrogen-bond acceptors (Lipinski definition) is 2. The van der Waals surface area contributed by atoms with Crippen LogP contribution >= 0.6 is 0 Å². The van der Waals surface area contributed by atoms with Gasteiger partial charge in [0, 0.05) is 39.8 Å². The number of aromatic nitrogens is 3. The summed E-state index contributed by atoms with van der Waals surface area (Å²) in [6.45, 7) is 6.27. The van der Waals surface area contributed by atoms with Gasteiger partial charge in [-0.1, -0.05) is 26.8 Å². The molecule has 0 saturated carbocycles. The Hall–Kier alpha value is -2.56. The largest absolute Gasteiger partial charge is 0.361 e. The van der Waals surface area contributed by atoms with Crippen molar-refractivity contribution in [1.29, 1.82) is 0 Å². The standard InChI is InChI=1S/C16H18N4O/c1-16(2,3)13-9-14(20-19-13)18-15(21)11-5-4-6-12-10(11)7-8-17-12/h4-9,17H,1-3H3,(H2,18,19,20,21). The van der Waals surface area contributed by atoms with Crippen molar-refractivity contribution in [1.82, 2.24) is 15.2 Å². The molecule has 2 heterocycles. The van der Waals surface area contributed by atoms with E-state index >= 15 is 0 Å². The first-order valence-electron chi connectivity index (χ1n) is 6.88. The van der Waals surface area contributed by atoms with Gasteiger partial charge < -0.3 is 10.3 Å². The highest BCUT2D eigenvalue weighted by atomic mass is 16.1. The minimum atomic E-state index is -0.160. The molecule has 1 amide bonds. The Bertz CT molecular complexity index is 792. The van der Waals surface area contributed by atoms with Crippen LogP contribution in [-0.4, -0.2) is 21.1 Å². The van der Waals surface area contributed by atoms with Crippen LogP contribution in [0.5, 0.6) is 0 Å². The second-order valence-corrected chi connectivity index (χ2v) is 6.12. The lowest BCUT2D eigenvalue weighted by Gasteiger charge is -2.14. The summed E-state index contributed by atoms with van der Waals surface area (Å²) in [7, 11) is 0. The van der Waals surface area contributed by atoms with Gasteiger partial charge in [0.25, 0.3) is 5.91 Å². The molecule has 5 nitrogen and oxygen atoms in total. The highest BCUT2D eigenvalue weighted by Crippen LogP contribution is 2.23. The molecule has 0 aliphatic rings. The lowest BCUT2D eigenvalue weighted by Crippen LogP contribution is -2.12. The van der Waals surface area contributed by atoms with E-state index in [1.807, 2.05) is 36.5 Å². The van der Waals surface area contributed by atoms with Crippen LogP contribution in [-0.2, 0) is 5.41 Å². The smallest absolute Gasteiger partial charge is 0.257 e. The van der Waals surface area contributed by atoms with Crippen LogP contribution in [0.1, 0.15) is 36.8 Å². The van der Waals surface area contributed by atoms with E-state index in [4.69, 9.17) is 0 Å². The van der Waals surface area contributed by atoms with Crippen LogP contribution in [0.3, 0.4) is 0 Å². The molecule has 108 valence electrons. The molecule has 0 atom stereocenters. The SMILES string of the molecule is CC(C)(C)c1cc(NC(=O)c2cccc3[nH]ccc23)n[nH]1. The molecule has 0 fully saturated rings. The average molecular weight is 282 g/mol. The fourth-order valence-electron chi connectivity index (χ4n) is 2.24. The van der Waals surface area contributed by atoms with Crippen molar-refractivity contribution in [2.75, 3.05) is 5.32 Å². The normalized spacial score (nSPS) is 11.8. The van der Waals surface area contributed by atoms with E-state index < -0.39 is 0 Å². The molecule has 21 heavy (non-hydrogen) atoms. The first-order chi connectivity index (χ1) is 9.95. The summed E-state index contributed by atoms with van der Waals surface area (Å²) in [4.78, 5) is 15.5. The summed E-state index contributed by atoms with van der Waals surface area (Å²) in [6.07, 6.45) is 1.83. The highest BCUT2D eigenvalue weighted by Gasteiger charge is 2.18. The van der Waals surface area contributed by atoms with Crippen molar-refractivity contribution in [3.63, 3.8) is 0 Å². The van der Waals surface area contributed by atoms with Gasteiger partial charge >= 0.3 is 0 Å². The molecular weight excluding hydrogens is 264 g/mol. The molecule has 3 N–H and O–H groups in total. The molecular formula is C16H18N4O. The molecule has 0 unspecified atom stereocenters. The van der Waals surface area contributed by atoms with Gasteiger partial charge in [-0.2, -0.15) is 5.10 Å². The van der Waals surface area contributed by atoms with E-state index in [2.05, 4.69) is 41.3 Å². The summed E-state index contributed by atoms with van der Waals surface area (Å²) >= 11 is 0. The molecule has 3 rings (SSSR count). The van der Waals surface area contributed by atoms with Crippen molar-refractivity contribution >= 4 is 22.6 Å². The van der Waals surface area contributed by atoms with E-state index in [9.17, 15) is 4.79 Å². The summed E-state index contributed by atoms with van der Waals surface area (Å²) in [6, 6.07) is 9.38. The maximum absolute atomic E-state index is 12.4. The van der Waals surface area contributed by atoms with Crippen LogP contribution in [0, 0.1) is 0 Å². The monoisotopic (exact) mass is 282 g/mol. The molecule has 0 aliphatic carbocycles. The topological polar surface area (TPSA) is 73.6 Å². The lowest BCUT2D eigenvalue weighted by molar-refractivity contribution is 0.102. The van der Waals surface area contributed by atoms with Crippen molar-refractivity contribution < 1.29 is 4.79 Å². The molecule has 0 bridgehead atoms. The Morgan fingerprint density at radius 3 is 2.76 bits per heavy atom. The van der Waals surface area contributed by atoms with Gasteiger partial charge in [-0.05, 0) is 18.2 Å². The number of carbonyl (C=O) groups excluding carboxylic acids is 1. The zero-order valence-electron chi connectivity index (χ0n) is 12.3. The van der Waals surface area contributed by atoms with E-state index in [-0.39, 0.29) is 11.3 Å². The first kappa shape index (κ1) is 13.4. The van der Waals surface area contributed by atoms with Gasteiger partial charge in [0.1, 0.15) is 0 Å². The number of H-pyrrole nitrogens is 2. The third kappa shape index (κ3) is 2.54. The maximum Gasteiger partial charge on any atom is 0.257 e. The number of fused-ring (bicyclic) bond motifs is 1. The van der Waals surface area contributed by atoms with Gasteiger partial charge in [-0.25, -0.2) is 0 Å². The Balaban J connectivity index is 1.87. The molecule has 5 heteroatoms. The minimum absolute atomic E-state index is 0.0311. The van der Waals surface area contributed by atoms with Crippen LogP contribution in [0.15, 0.2) is 36.5 Å². The van der Waals surface area contributed by atoms with E-state index in [0.717, 1.165) is 16.6 Å². The third-order valence-electron chi connectivity index (χ3n) is 3.47. The van der Waals surface area contributed by atoms with Gasteiger partial charge in [0.2, 0.25) is 0 Å². The lowest BCUT2D eigenvalue weighted by atomic mass is 9.92. The van der Waals surface area contributed by atoms with Crippen molar-refractivity contribution in [3.05, 3.63) is 47.8 Å².